The first-order valence-corrected chi connectivity index (χ1v) is 11.5. The summed E-state index contributed by atoms with van der Waals surface area (Å²) in [7, 11) is 1.84. The number of oxazole rings is 1. The molecule has 1 saturated carbocycles. The highest BCUT2D eigenvalue weighted by atomic mass is 16.3. The van der Waals surface area contributed by atoms with E-state index < -0.39 is 0 Å². The third-order valence-corrected chi connectivity index (χ3v) is 6.42. The number of benzene rings is 2. The molecule has 2 atom stereocenters. The molecule has 1 N–H and O–H groups in total. The van der Waals surface area contributed by atoms with Crippen LogP contribution in [0.15, 0.2) is 77.5 Å². The van der Waals surface area contributed by atoms with Gasteiger partial charge in [-0.25, -0.2) is 4.98 Å². The molecule has 2 amide bonds. The minimum Gasteiger partial charge on any atom is -0.436 e. The van der Waals surface area contributed by atoms with Crippen LogP contribution in [0.5, 0.6) is 0 Å². The molecule has 0 radical (unpaired) electrons. The molecule has 1 aliphatic carbocycles. The van der Waals surface area contributed by atoms with E-state index in [0.29, 0.717) is 17.9 Å². The SMILES string of the molecule is CN(C(=O)c1ccc(-c2nc3ccccc3o2)cc1)[C@@H]1CC[C@H](NC(=O)Cc2ccncc2)C1. The van der Waals surface area contributed by atoms with Gasteiger partial charge < -0.3 is 14.6 Å². The number of carbonyl (C=O) groups excluding carboxylic acids is 2. The van der Waals surface area contributed by atoms with Gasteiger partial charge in [0.05, 0.1) is 6.42 Å². The number of pyridine rings is 1. The third kappa shape index (κ3) is 4.69. The molecule has 0 bridgehead atoms. The molecule has 2 aromatic carbocycles. The molecule has 0 saturated heterocycles. The largest absolute Gasteiger partial charge is 0.436 e. The van der Waals surface area contributed by atoms with Crippen molar-refractivity contribution in [2.24, 2.45) is 0 Å². The van der Waals surface area contributed by atoms with E-state index >= 15 is 0 Å². The average Bonchev–Trinajstić information content (AvgIpc) is 3.51. The molecule has 7 heteroatoms. The Hall–Kier alpha value is -4.00. The number of amides is 2. The second-order valence-electron chi connectivity index (χ2n) is 8.74. The van der Waals surface area contributed by atoms with Crippen molar-refractivity contribution in [1.82, 2.24) is 20.2 Å². The van der Waals surface area contributed by atoms with Crippen LogP contribution in [0.4, 0.5) is 0 Å². The maximum Gasteiger partial charge on any atom is 0.253 e. The fourth-order valence-electron chi connectivity index (χ4n) is 4.53. The van der Waals surface area contributed by atoms with Gasteiger partial charge >= 0.3 is 0 Å². The Bertz CT molecular complexity index is 1270. The third-order valence-electron chi connectivity index (χ3n) is 6.42. The minimum absolute atomic E-state index is 0.000569. The Kier molecular flexibility index (Phi) is 6.08. The molecule has 0 spiro atoms. The fourth-order valence-corrected chi connectivity index (χ4v) is 4.53. The number of nitrogens with zero attached hydrogens (tertiary/aromatic N) is 3. The summed E-state index contributed by atoms with van der Waals surface area (Å²) in [6.07, 6.45) is 6.20. The lowest BCUT2D eigenvalue weighted by atomic mass is 10.1. The summed E-state index contributed by atoms with van der Waals surface area (Å²) in [5.41, 5.74) is 3.93. The van der Waals surface area contributed by atoms with Crippen molar-refractivity contribution in [3.8, 4) is 11.5 Å². The number of para-hydroxylation sites is 2. The highest BCUT2D eigenvalue weighted by molar-refractivity contribution is 5.94. The van der Waals surface area contributed by atoms with Crippen molar-refractivity contribution in [2.75, 3.05) is 7.05 Å². The number of hydrogen-bond acceptors (Lipinski definition) is 5. The lowest BCUT2D eigenvalue weighted by Gasteiger charge is -2.25. The average molecular weight is 455 g/mol. The Morgan fingerprint density at radius 3 is 2.56 bits per heavy atom. The van der Waals surface area contributed by atoms with Gasteiger partial charge in [-0.05, 0) is 73.4 Å². The van der Waals surface area contributed by atoms with Gasteiger partial charge in [0, 0.05) is 42.7 Å². The fraction of sp³-hybridized carbons (Fsp3) is 0.259. The van der Waals surface area contributed by atoms with Gasteiger partial charge in [0.1, 0.15) is 5.52 Å². The summed E-state index contributed by atoms with van der Waals surface area (Å²) >= 11 is 0. The van der Waals surface area contributed by atoms with Crippen LogP contribution in [0.3, 0.4) is 0 Å². The van der Waals surface area contributed by atoms with Crippen LogP contribution < -0.4 is 5.32 Å². The second-order valence-corrected chi connectivity index (χ2v) is 8.74. The second kappa shape index (κ2) is 9.47. The van der Waals surface area contributed by atoms with Crippen molar-refractivity contribution in [3.63, 3.8) is 0 Å². The molecule has 5 rings (SSSR count). The number of carbonyl (C=O) groups is 2. The monoisotopic (exact) mass is 454 g/mol. The van der Waals surface area contributed by atoms with Crippen molar-refractivity contribution in [1.29, 1.82) is 0 Å². The van der Waals surface area contributed by atoms with E-state index in [2.05, 4.69) is 15.3 Å². The molecule has 2 heterocycles. The number of aromatic nitrogens is 2. The van der Waals surface area contributed by atoms with Crippen molar-refractivity contribution < 1.29 is 14.0 Å². The van der Waals surface area contributed by atoms with E-state index in [1.807, 2.05) is 67.7 Å². The summed E-state index contributed by atoms with van der Waals surface area (Å²) in [5, 5.41) is 3.11. The predicted molar refractivity (Wildman–Crippen MR) is 129 cm³/mol. The van der Waals surface area contributed by atoms with Gasteiger partial charge in [-0.1, -0.05) is 12.1 Å². The molecular weight excluding hydrogens is 428 g/mol. The first-order chi connectivity index (χ1) is 16.6. The topological polar surface area (TPSA) is 88.3 Å². The minimum atomic E-state index is -0.0297. The van der Waals surface area contributed by atoms with Crippen molar-refractivity contribution >= 4 is 22.9 Å². The zero-order valence-corrected chi connectivity index (χ0v) is 19.0. The molecule has 7 nitrogen and oxygen atoms in total. The van der Waals surface area contributed by atoms with Crippen LogP contribution in [-0.4, -0.2) is 45.8 Å². The number of rotatable bonds is 6. The molecule has 4 aromatic rings. The van der Waals surface area contributed by atoms with Crippen LogP contribution >= 0.6 is 0 Å². The molecule has 34 heavy (non-hydrogen) atoms. The number of fused-ring (bicyclic) bond motifs is 1. The van der Waals surface area contributed by atoms with Gasteiger partial charge in [0.25, 0.3) is 5.91 Å². The summed E-state index contributed by atoms with van der Waals surface area (Å²) in [6, 6.07) is 18.8. The quantitative estimate of drug-likeness (QED) is 0.471. The maximum atomic E-state index is 13.1. The lowest BCUT2D eigenvalue weighted by Crippen LogP contribution is -2.38. The van der Waals surface area contributed by atoms with E-state index in [1.165, 1.54) is 0 Å². The Morgan fingerprint density at radius 1 is 1.03 bits per heavy atom. The number of hydrogen-bond donors (Lipinski definition) is 1. The van der Waals surface area contributed by atoms with Crippen LogP contribution in [-0.2, 0) is 11.2 Å². The molecule has 1 fully saturated rings. The molecule has 1 aliphatic rings. The number of nitrogens with one attached hydrogen (secondary N) is 1. The summed E-state index contributed by atoms with van der Waals surface area (Å²) in [5.74, 6) is 0.508. The first-order valence-electron chi connectivity index (χ1n) is 11.5. The first kappa shape index (κ1) is 21.8. The normalized spacial score (nSPS) is 17.6. The maximum absolute atomic E-state index is 13.1. The van der Waals surface area contributed by atoms with E-state index in [1.54, 1.807) is 17.3 Å². The Balaban J connectivity index is 1.18. The lowest BCUT2D eigenvalue weighted by molar-refractivity contribution is -0.121. The van der Waals surface area contributed by atoms with E-state index in [4.69, 9.17) is 4.42 Å². The smallest absolute Gasteiger partial charge is 0.253 e. The van der Waals surface area contributed by atoms with Crippen LogP contribution in [0, 0.1) is 0 Å². The van der Waals surface area contributed by atoms with Gasteiger partial charge in [-0.2, -0.15) is 0 Å². The summed E-state index contributed by atoms with van der Waals surface area (Å²) in [4.78, 5) is 35.8. The van der Waals surface area contributed by atoms with Crippen LogP contribution in [0.2, 0.25) is 0 Å². The molecule has 172 valence electrons. The van der Waals surface area contributed by atoms with Gasteiger partial charge in [-0.3, -0.25) is 14.6 Å². The van der Waals surface area contributed by atoms with Crippen LogP contribution in [0.25, 0.3) is 22.6 Å². The van der Waals surface area contributed by atoms with Crippen molar-refractivity contribution in [3.05, 3.63) is 84.2 Å². The highest BCUT2D eigenvalue weighted by Crippen LogP contribution is 2.27. The van der Waals surface area contributed by atoms with Gasteiger partial charge in [-0.15, -0.1) is 0 Å². The van der Waals surface area contributed by atoms with Gasteiger partial charge in [0.15, 0.2) is 5.58 Å². The zero-order valence-electron chi connectivity index (χ0n) is 19.0. The van der Waals surface area contributed by atoms with E-state index in [0.717, 1.165) is 41.5 Å². The zero-order chi connectivity index (χ0) is 23.5. The molecule has 0 unspecified atom stereocenters. The highest BCUT2D eigenvalue weighted by Gasteiger charge is 2.31. The van der Waals surface area contributed by atoms with Crippen LogP contribution in [0.1, 0.15) is 35.2 Å². The Labute approximate surface area is 197 Å². The van der Waals surface area contributed by atoms with E-state index in [9.17, 15) is 9.59 Å². The molecule has 0 aliphatic heterocycles. The predicted octanol–water partition coefficient (Wildman–Crippen LogP) is 4.24. The Morgan fingerprint density at radius 2 is 1.79 bits per heavy atom. The van der Waals surface area contributed by atoms with E-state index in [-0.39, 0.29) is 23.9 Å². The summed E-state index contributed by atoms with van der Waals surface area (Å²) < 4.78 is 5.82. The van der Waals surface area contributed by atoms with Gasteiger partial charge in [0.2, 0.25) is 11.8 Å². The standard InChI is InChI=1S/C27H26N4O3/c1-31(22-11-10-21(17-22)29-25(32)16-18-12-14-28-15-13-18)27(33)20-8-6-19(7-9-20)26-30-23-4-2-3-5-24(23)34-26/h2-9,12-15,21-22H,10-11,16-17H2,1H3,(H,29,32)/t21-,22+/m0/s1. The van der Waals surface area contributed by atoms with Crippen molar-refractivity contribution in [2.45, 2.75) is 37.8 Å². The molecule has 2 aromatic heterocycles. The molecular formula is C27H26N4O3. The summed E-state index contributed by atoms with van der Waals surface area (Å²) in [6.45, 7) is 0.